The quantitative estimate of drug-likeness (QED) is 0.0320. The van der Waals surface area contributed by atoms with Crippen LogP contribution in [-0.4, -0.2) is 47.4 Å². The third kappa shape index (κ3) is 71.6. The first-order valence-corrected chi connectivity index (χ1v) is 39.4. The third-order valence-corrected chi connectivity index (χ3v) is 18.8. The lowest BCUT2D eigenvalue weighted by atomic mass is 10.0. The molecule has 2 unspecified atom stereocenters. The number of amides is 1. The Morgan fingerprint density at radius 2 is 0.553 bits per heavy atom. The summed E-state index contributed by atoms with van der Waals surface area (Å²) in [7, 11) is 0. The van der Waals surface area contributed by atoms with Crippen LogP contribution in [0.15, 0.2) is 12.2 Å². The molecular weight excluding hydrogens is 1040 g/mol. The monoisotopic (exact) mass is 1200 g/mol. The average Bonchev–Trinajstić information content (AvgIpc) is 3.51. The Balaban J connectivity index is 3.36. The molecule has 0 aliphatic heterocycles. The molecule has 3 N–H and O–H groups in total. The Morgan fingerprint density at radius 3 is 0.835 bits per heavy atom. The molecular formula is C79H155NO5. The lowest BCUT2D eigenvalue weighted by Crippen LogP contribution is -2.45. The van der Waals surface area contributed by atoms with E-state index in [4.69, 9.17) is 4.74 Å². The SMILES string of the molecule is CCCCCCCCCCCCCCCCCCCCCCCCCCC(O)C(CO)NC(=O)CCCCCCCCCCCCCC/C=C\CCCCCCCCCCCCCCOC(=O)CCCCCCCCCCCCCCCCCC. The number of hydrogen-bond acceptors (Lipinski definition) is 5. The molecule has 0 aromatic rings. The minimum absolute atomic E-state index is 0.0207. The minimum atomic E-state index is -0.665. The van der Waals surface area contributed by atoms with Crippen LogP contribution >= 0.6 is 0 Å². The molecule has 0 aromatic heterocycles. The van der Waals surface area contributed by atoms with Gasteiger partial charge < -0.3 is 20.3 Å². The molecule has 1 amide bonds. The van der Waals surface area contributed by atoms with Gasteiger partial charge >= 0.3 is 5.97 Å². The van der Waals surface area contributed by atoms with Crippen molar-refractivity contribution in [2.24, 2.45) is 0 Å². The van der Waals surface area contributed by atoms with Gasteiger partial charge in [-0.1, -0.05) is 405 Å². The summed E-state index contributed by atoms with van der Waals surface area (Å²) >= 11 is 0. The van der Waals surface area contributed by atoms with Crippen LogP contribution in [0.2, 0.25) is 0 Å². The molecule has 506 valence electrons. The molecule has 0 aliphatic carbocycles. The van der Waals surface area contributed by atoms with Gasteiger partial charge in [-0.05, 0) is 51.4 Å². The standard InChI is InChI=1S/C79H155NO5/c1-3-5-7-9-11-13-15-17-19-21-22-23-24-31-34-37-40-43-47-51-55-59-63-67-71-77(82)76(75-81)80-78(83)72-68-64-60-56-52-48-44-41-38-35-32-29-27-25-26-28-30-33-36-39-42-46-50-54-58-62-66-70-74-85-79(84)73-69-65-61-57-53-49-45-20-18-16-14-12-10-8-6-4-2/h25-26,76-77,81-82H,3-24,27-75H2,1-2H3,(H,80,83)/b26-25-. The highest BCUT2D eigenvalue weighted by Gasteiger charge is 2.20. The Labute approximate surface area is 533 Å². The second kappa shape index (κ2) is 75.1. The van der Waals surface area contributed by atoms with Gasteiger partial charge in [0.2, 0.25) is 5.91 Å². The highest BCUT2D eigenvalue weighted by molar-refractivity contribution is 5.76. The highest BCUT2D eigenvalue weighted by Crippen LogP contribution is 2.20. The third-order valence-electron chi connectivity index (χ3n) is 18.8. The van der Waals surface area contributed by atoms with Crippen LogP contribution in [0.4, 0.5) is 0 Å². The topological polar surface area (TPSA) is 95.9 Å². The molecule has 6 heteroatoms. The molecule has 0 saturated heterocycles. The van der Waals surface area contributed by atoms with E-state index in [1.165, 1.54) is 385 Å². The first kappa shape index (κ1) is 83.6. The summed E-state index contributed by atoms with van der Waals surface area (Å²) in [6.45, 7) is 5.01. The molecule has 0 aromatic carbocycles. The van der Waals surface area contributed by atoms with Crippen molar-refractivity contribution in [2.45, 2.75) is 469 Å². The van der Waals surface area contributed by atoms with Crippen LogP contribution in [0.3, 0.4) is 0 Å². The van der Waals surface area contributed by atoms with Crippen molar-refractivity contribution in [3.8, 4) is 0 Å². The number of ether oxygens (including phenoxy) is 1. The zero-order valence-electron chi connectivity index (χ0n) is 58.1. The van der Waals surface area contributed by atoms with Crippen LogP contribution in [0, 0.1) is 0 Å². The van der Waals surface area contributed by atoms with Crippen LogP contribution in [-0.2, 0) is 14.3 Å². The fourth-order valence-corrected chi connectivity index (χ4v) is 12.8. The van der Waals surface area contributed by atoms with Gasteiger partial charge in [0.1, 0.15) is 0 Å². The molecule has 0 radical (unpaired) electrons. The molecule has 0 heterocycles. The van der Waals surface area contributed by atoms with Crippen molar-refractivity contribution >= 4 is 11.9 Å². The van der Waals surface area contributed by atoms with Crippen molar-refractivity contribution in [1.29, 1.82) is 0 Å². The van der Waals surface area contributed by atoms with Crippen molar-refractivity contribution in [1.82, 2.24) is 5.32 Å². The van der Waals surface area contributed by atoms with E-state index in [1.54, 1.807) is 0 Å². The number of carbonyl (C=O) groups is 2. The van der Waals surface area contributed by atoms with E-state index < -0.39 is 12.1 Å². The fraction of sp³-hybridized carbons (Fsp3) is 0.949. The molecule has 0 aliphatic rings. The molecule has 0 spiro atoms. The number of unbranched alkanes of at least 4 members (excludes halogenated alkanes) is 62. The number of esters is 1. The Bertz CT molecular complexity index is 1290. The summed E-state index contributed by atoms with van der Waals surface area (Å²) in [6, 6.07) is -0.542. The summed E-state index contributed by atoms with van der Waals surface area (Å²) in [5.74, 6) is -0.00811. The predicted molar refractivity (Wildman–Crippen MR) is 375 cm³/mol. The van der Waals surface area contributed by atoms with Gasteiger partial charge in [0, 0.05) is 12.8 Å². The summed E-state index contributed by atoms with van der Waals surface area (Å²) in [5, 5.41) is 23.5. The van der Waals surface area contributed by atoms with Crippen LogP contribution in [0.1, 0.15) is 457 Å². The maximum atomic E-state index is 12.6. The number of aliphatic hydroxyl groups excluding tert-OH is 2. The lowest BCUT2D eigenvalue weighted by Gasteiger charge is -2.22. The number of aliphatic hydroxyl groups is 2. The summed E-state index contributed by atoms with van der Waals surface area (Å²) in [4.78, 5) is 24.7. The minimum Gasteiger partial charge on any atom is -0.466 e. The Morgan fingerprint density at radius 1 is 0.318 bits per heavy atom. The van der Waals surface area contributed by atoms with E-state index in [2.05, 4.69) is 31.3 Å². The number of allylic oxidation sites excluding steroid dienone is 2. The molecule has 0 bridgehead atoms. The zero-order chi connectivity index (χ0) is 61.3. The van der Waals surface area contributed by atoms with Gasteiger partial charge in [-0.15, -0.1) is 0 Å². The van der Waals surface area contributed by atoms with Gasteiger partial charge in [0.15, 0.2) is 0 Å². The molecule has 85 heavy (non-hydrogen) atoms. The number of rotatable bonds is 75. The number of carbonyl (C=O) groups excluding carboxylic acids is 2. The maximum absolute atomic E-state index is 12.6. The predicted octanol–water partition coefficient (Wildman–Crippen LogP) is 25.9. The van der Waals surface area contributed by atoms with Gasteiger partial charge in [-0.3, -0.25) is 9.59 Å². The molecule has 2 atom stereocenters. The lowest BCUT2D eigenvalue weighted by molar-refractivity contribution is -0.143. The van der Waals surface area contributed by atoms with E-state index in [-0.39, 0.29) is 18.5 Å². The summed E-state index contributed by atoms with van der Waals surface area (Å²) in [6.07, 6.45) is 94.4. The Kier molecular flexibility index (Phi) is 73.8. The van der Waals surface area contributed by atoms with E-state index in [1.807, 2.05) is 0 Å². The van der Waals surface area contributed by atoms with Crippen molar-refractivity contribution < 1.29 is 24.5 Å². The zero-order valence-corrected chi connectivity index (χ0v) is 58.1. The second-order valence-corrected chi connectivity index (χ2v) is 27.4. The van der Waals surface area contributed by atoms with Crippen molar-refractivity contribution in [2.75, 3.05) is 13.2 Å². The van der Waals surface area contributed by atoms with Crippen LogP contribution in [0.5, 0.6) is 0 Å². The van der Waals surface area contributed by atoms with E-state index in [0.29, 0.717) is 25.9 Å². The molecule has 0 rings (SSSR count). The smallest absolute Gasteiger partial charge is 0.305 e. The molecule has 0 fully saturated rings. The number of hydrogen-bond donors (Lipinski definition) is 3. The normalized spacial score (nSPS) is 12.5. The maximum Gasteiger partial charge on any atom is 0.305 e. The first-order chi connectivity index (χ1) is 42.0. The largest absolute Gasteiger partial charge is 0.466 e. The van der Waals surface area contributed by atoms with E-state index in [9.17, 15) is 19.8 Å². The average molecular weight is 1200 g/mol. The van der Waals surface area contributed by atoms with Crippen molar-refractivity contribution in [3.05, 3.63) is 12.2 Å². The summed E-state index contributed by atoms with van der Waals surface area (Å²) < 4.78 is 5.51. The number of nitrogens with one attached hydrogen (secondary N) is 1. The molecule has 6 nitrogen and oxygen atoms in total. The van der Waals surface area contributed by atoms with Crippen LogP contribution < -0.4 is 5.32 Å². The van der Waals surface area contributed by atoms with Crippen LogP contribution in [0.25, 0.3) is 0 Å². The van der Waals surface area contributed by atoms with Gasteiger partial charge in [0.25, 0.3) is 0 Å². The fourth-order valence-electron chi connectivity index (χ4n) is 12.8. The van der Waals surface area contributed by atoms with E-state index in [0.717, 1.165) is 38.5 Å². The van der Waals surface area contributed by atoms with E-state index >= 15 is 0 Å². The van der Waals surface area contributed by atoms with Gasteiger partial charge in [-0.25, -0.2) is 0 Å². The van der Waals surface area contributed by atoms with Gasteiger partial charge in [0.05, 0.1) is 25.4 Å². The van der Waals surface area contributed by atoms with Crippen molar-refractivity contribution in [3.63, 3.8) is 0 Å². The summed E-state index contributed by atoms with van der Waals surface area (Å²) in [5.41, 5.74) is 0. The van der Waals surface area contributed by atoms with Gasteiger partial charge in [-0.2, -0.15) is 0 Å². The Hall–Kier alpha value is -1.40. The first-order valence-electron chi connectivity index (χ1n) is 39.4. The second-order valence-electron chi connectivity index (χ2n) is 27.4. The highest BCUT2D eigenvalue weighted by atomic mass is 16.5. The molecule has 0 saturated carbocycles.